The second-order valence-electron chi connectivity index (χ2n) is 4.96. The van der Waals surface area contributed by atoms with Gasteiger partial charge < -0.3 is 19.9 Å². The van der Waals surface area contributed by atoms with Gasteiger partial charge in [-0.3, -0.25) is 4.79 Å². The normalized spacial score (nSPS) is 15.1. The van der Waals surface area contributed by atoms with Crippen molar-refractivity contribution in [3.63, 3.8) is 0 Å². The molecule has 23 heavy (non-hydrogen) atoms. The topological polar surface area (TPSA) is 70.8 Å². The fourth-order valence-corrected chi connectivity index (χ4v) is 1.93. The number of ether oxygens (including phenoxy) is 3. The summed E-state index contributed by atoms with van der Waals surface area (Å²) in [4.78, 5) is 11.6. The Bertz CT molecular complexity index is 525. The third kappa shape index (κ3) is 5.72. The van der Waals surface area contributed by atoms with E-state index in [2.05, 4.69) is 0 Å². The van der Waals surface area contributed by atoms with Gasteiger partial charge in [-0.15, -0.1) is 0 Å². The van der Waals surface area contributed by atoms with Gasteiger partial charge in [-0.25, -0.2) is 13.2 Å². The van der Waals surface area contributed by atoms with Crippen LogP contribution in [0.25, 0.3) is 0 Å². The van der Waals surface area contributed by atoms with Crippen LogP contribution in [0, 0.1) is 5.82 Å². The molecule has 0 aliphatic heterocycles. The molecule has 0 bridgehead atoms. The van der Waals surface area contributed by atoms with E-state index >= 15 is 0 Å². The summed E-state index contributed by atoms with van der Waals surface area (Å²) in [6.07, 6.45) is -4.69. The number of benzene rings is 1. The maximum absolute atomic E-state index is 13.3. The molecule has 3 atom stereocenters. The molecule has 0 saturated carbocycles. The minimum atomic E-state index is -2.71. The van der Waals surface area contributed by atoms with Gasteiger partial charge in [0.2, 0.25) is 0 Å². The molecule has 130 valence electrons. The molecular weight excluding hydrogens is 315 g/mol. The van der Waals surface area contributed by atoms with Gasteiger partial charge in [0.15, 0.2) is 0 Å². The van der Waals surface area contributed by atoms with Crippen LogP contribution in [-0.2, 0) is 14.3 Å². The van der Waals surface area contributed by atoms with Crippen LogP contribution in [0.1, 0.15) is 25.5 Å². The smallest absolute Gasteiger partial charge is 0.322 e. The van der Waals surface area contributed by atoms with Gasteiger partial charge in [-0.05, 0) is 26.0 Å². The van der Waals surface area contributed by atoms with Crippen molar-refractivity contribution in [2.75, 3.05) is 13.7 Å². The summed E-state index contributed by atoms with van der Waals surface area (Å²) in [6, 6.07) is 2.69. The molecule has 0 radical (unpaired) electrons. The minimum Gasteiger partial charge on any atom is -0.496 e. The number of methoxy groups -OCH3 is 1. The number of carbonyl (C=O) groups is 1. The van der Waals surface area contributed by atoms with Crippen molar-refractivity contribution in [2.24, 2.45) is 5.73 Å². The van der Waals surface area contributed by atoms with Gasteiger partial charge in [0.1, 0.15) is 36.4 Å². The van der Waals surface area contributed by atoms with Crippen LogP contribution < -0.4 is 10.5 Å². The fraction of sp³-hybridized carbons (Fsp3) is 0.533. The van der Waals surface area contributed by atoms with E-state index in [0.717, 1.165) is 12.1 Å². The molecule has 1 aromatic rings. The summed E-state index contributed by atoms with van der Waals surface area (Å²) < 4.78 is 53.5. The zero-order chi connectivity index (χ0) is 17.6. The first-order valence-corrected chi connectivity index (χ1v) is 6.95. The van der Waals surface area contributed by atoms with Crippen LogP contribution >= 0.6 is 0 Å². The van der Waals surface area contributed by atoms with Gasteiger partial charge in [0, 0.05) is 11.6 Å². The standard InChI is InChI=1S/C15H20F3NO4/c1-8(19)15(20)23-9(2)14(22-7-13(17)18)11-5-4-10(16)6-12(11)21-3/h4-6,8-9,13-14H,7,19H2,1-3H3/t8-,9-,14-/m0/s1. The van der Waals surface area contributed by atoms with Crippen molar-refractivity contribution in [1.29, 1.82) is 0 Å². The Morgan fingerprint density at radius 1 is 1.30 bits per heavy atom. The number of carbonyl (C=O) groups excluding carboxylic acids is 1. The van der Waals surface area contributed by atoms with Crippen molar-refractivity contribution in [1.82, 2.24) is 0 Å². The Labute approximate surface area is 132 Å². The van der Waals surface area contributed by atoms with Gasteiger partial charge in [-0.2, -0.15) is 0 Å². The van der Waals surface area contributed by atoms with Crippen molar-refractivity contribution < 1.29 is 32.2 Å². The minimum absolute atomic E-state index is 0.105. The van der Waals surface area contributed by atoms with Crippen molar-refractivity contribution >= 4 is 5.97 Å². The van der Waals surface area contributed by atoms with Crippen molar-refractivity contribution in [2.45, 2.75) is 38.5 Å². The molecule has 1 rings (SSSR count). The summed E-state index contributed by atoms with van der Waals surface area (Å²) in [5.41, 5.74) is 5.70. The Morgan fingerprint density at radius 2 is 1.96 bits per heavy atom. The van der Waals surface area contributed by atoms with E-state index in [1.807, 2.05) is 0 Å². The quantitative estimate of drug-likeness (QED) is 0.739. The number of rotatable bonds is 8. The zero-order valence-electron chi connectivity index (χ0n) is 13.1. The summed E-state index contributed by atoms with van der Waals surface area (Å²) in [6.45, 7) is 2.03. The van der Waals surface area contributed by atoms with Crippen LogP contribution in [0.15, 0.2) is 18.2 Å². The second-order valence-corrected chi connectivity index (χ2v) is 4.96. The summed E-state index contributed by atoms with van der Waals surface area (Å²) >= 11 is 0. The zero-order valence-corrected chi connectivity index (χ0v) is 13.1. The Hall–Kier alpha value is -1.80. The summed E-state index contributed by atoms with van der Waals surface area (Å²) in [5.74, 6) is -1.16. The number of esters is 1. The summed E-state index contributed by atoms with van der Waals surface area (Å²) in [5, 5.41) is 0. The highest BCUT2D eigenvalue weighted by molar-refractivity contribution is 5.75. The highest BCUT2D eigenvalue weighted by atomic mass is 19.3. The molecule has 8 heteroatoms. The van der Waals surface area contributed by atoms with Crippen LogP contribution in [0.2, 0.25) is 0 Å². The fourth-order valence-electron chi connectivity index (χ4n) is 1.93. The van der Waals surface area contributed by atoms with Gasteiger partial charge in [-0.1, -0.05) is 0 Å². The first-order chi connectivity index (χ1) is 10.8. The van der Waals surface area contributed by atoms with Crippen LogP contribution in [0.3, 0.4) is 0 Å². The third-order valence-electron chi connectivity index (χ3n) is 3.00. The molecule has 0 saturated heterocycles. The number of nitrogens with two attached hydrogens (primary N) is 1. The van der Waals surface area contributed by atoms with Crippen LogP contribution in [0.5, 0.6) is 5.75 Å². The SMILES string of the molecule is COc1cc(F)ccc1[C@@H](OCC(F)F)[C@H](C)OC(=O)[C@H](C)N. The first kappa shape index (κ1) is 19.2. The molecule has 0 aliphatic carbocycles. The molecule has 0 amide bonds. The van der Waals surface area contributed by atoms with Gasteiger partial charge in [0.05, 0.1) is 7.11 Å². The lowest BCUT2D eigenvalue weighted by atomic mass is 10.0. The van der Waals surface area contributed by atoms with E-state index in [4.69, 9.17) is 19.9 Å². The molecule has 0 aliphatic rings. The monoisotopic (exact) mass is 335 g/mol. The van der Waals surface area contributed by atoms with Crippen molar-refractivity contribution in [3.8, 4) is 5.75 Å². The Balaban J connectivity index is 3.06. The summed E-state index contributed by atoms with van der Waals surface area (Å²) in [7, 11) is 1.31. The predicted octanol–water partition coefficient (Wildman–Crippen LogP) is 2.44. The van der Waals surface area contributed by atoms with Gasteiger partial charge >= 0.3 is 5.97 Å². The molecule has 0 fully saturated rings. The van der Waals surface area contributed by atoms with E-state index < -0.39 is 43.1 Å². The van der Waals surface area contributed by atoms with Crippen molar-refractivity contribution in [3.05, 3.63) is 29.6 Å². The molecule has 2 N–H and O–H groups in total. The molecule has 1 aromatic carbocycles. The third-order valence-corrected chi connectivity index (χ3v) is 3.00. The van der Waals surface area contributed by atoms with Gasteiger partial charge in [0.25, 0.3) is 6.43 Å². The average molecular weight is 335 g/mol. The molecule has 5 nitrogen and oxygen atoms in total. The van der Waals surface area contributed by atoms with E-state index in [-0.39, 0.29) is 5.75 Å². The Kier molecular flexibility index (Phi) is 7.31. The maximum atomic E-state index is 13.3. The van der Waals surface area contributed by atoms with E-state index in [9.17, 15) is 18.0 Å². The maximum Gasteiger partial charge on any atom is 0.322 e. The predicted molar refractivity (Wildman–Crippen MR) is 76.9 cm³/mol. The van der Waals surface area contributed by atoms with E-state index in [1.54, 1.807) is 0 Å². The lowest BCUT2D eigenvalue weighted by Gasteiger charge is -2.26. The number of alkyl halides is 2. The highest BCUT2D eigenvalue weighted by Gasteiger charge is 2.28. The Morgan fingerprint density at radius 3 is 2.48 bits per heavy atom. The van der Waals surface area contributed by atoms with Crippen LogP contribution in [0.4, 0.5) is 13.2 Å². The lowest BCUT2D eigenvalue weighted by Crippen LogP contribution is -2.34. The number of hydrogen-bond donors (Lipinski definition) is 1. The van der Waals surface area contributed by atoms with Crippen LogP contribution in [-0.4, -0.2) is 38.3 Å². The molecule has 0 unspecified atom stereocenters. The molecule has 0 spiro atoms. The lowest BCUT2D eigenvalue weighted by molar-refractivity contribution is -0.159. The molecule has 0 heterocycles. The second kappa shape index (κ2) is 8.73. The number of hydrogen-bond acceptors (Lipinski definition) is 5. The van der Waals surface area contributed by atoms with E-state index in [0.29, 0.717) is 5.56 Å². The number of halogens is 3. The molecular formula is C15H20F3NO4. The van der Waals surface area contributed by atoms with E-state index in [1.165, 1.54) is 27.0 Å². The first-order valence-electron chi connectivity index (χ1n) is 6.95. The highest BCUT2D eigenvalue weighted by Crippen LogP contribution is 2.32. The molecule has 0 aromatic heterocycles. The largest absolute Gasteiger partial charge is 0.496 e. The average Bonchev–Trinajstić information content (AvgIpc) is 2.47.